The Labute approximate surface area is 101 Å². The van der Waals surface area contributed by atoms with E-state index in [2.05, 4.69) is 26.1 Å². The molecule has 0 aliphatic carbocycles. The van der Waals surface area contributed by atoms with E-state index in [-0.39, 0.29) is 0 Å². The van der Waals surface area contributed by atoms with Gasteiger partial charge in [-0.2, -0.15) is 0 Å². The molecule has 0 amide bonds. The van der Waals surface area contributed by atoms with E-state index < -0.39 is 0 Å². The molecule has 1 aliphatic heterocycles. The molecule has 1 N–H and O–H groups in total. The van der Waals surface area contributed by atoms with Gasteiger partial charge in [-0.3, -0.25) is 0 Å². The molecule has 1 aliphatic rings. The molecule has 16 heavy (non-hydrogen) atoms. The van der Waals surface area contributed by atoms with Gasteiger partial charge in [-0.05, 0) is 50.1 Å². The van der Waals surface area contributed by atoms with Crippen LogP contribution in [0.1, 0.15) is 52.9 Å². The molecule has 1 fully saturated rings. The topological polar surface area (TPSA) is 21.3 Å². The summed E-state index contributed by atoms with van der Waals surface area (Å²) in [5, 5.41) is 3.59. The van der Waals surface area contributed by atoms with Crippen LogP contribution in [0.15, 0.2) is 0 Å². The maximum absolute atomic E-state index is 5.35. The Morgan fingerprint density at radius 2 is 1.81 bits per heavy atom. The smallest absolute Gasteiger partial charge is 0.0469 e. The van der Waals surface area contributed by atoms with E-state index in [1.54, 1.807) is 0 Å². The van der Waals surface area contributed by atoms with E-state index in [1.807, 2.05) is 0 Å². The maximum atomic E-state index is 5.35. The molecular formula is C14H29NO. The lowest BCUT2D eigenvalue weighted by atomic mass is 9.90. The molecular weight excluding hydrogens is 198 g/mol. The van der Waals surface area contributed by atoms with Crippen LogP contribution in [0, 0.1) is 11.3 Å². The number of unbranched alkanes of at least 4 members (excludes halogenated alkanes) is 1. The van der Waals surface area contributed by atoms with E-state index in [0.29, 0.717) is 5.41 Å². The fourth-order valence-corrected chi connectivity index (χ4v) is 2.16. The van der Waals surface area contributed by atoms with Gasteiger partial charge in [0.15, 0.2) is 0 Å². The molecule has 0 bridgehead atoms. The van der Waals surface area contributed by atoms with Gasteiger partial charge in [-0.25, -0.2) is 0 Å². The Morgan fingerprint density at radius 3 is 2.44 bits per heavy atom. The second-order valence-corrected chi connectivity index (χ2v) is 6.28. The largest absolute Gasteiger partial charge is 0.381 e. The molecule has 0 aromatic heterocycles. The molecule has 0 aromatic rings. The fourth-order valence-electron chi connectivity index (χ4n) is 2.16. The van der Waals surface area contributed by atoms with Crippen molar-refractivity contribution in [2.24, 2.45) is 11.3 Å². The highest BCUT2D eigenvalue weighted by atomic mass is 16.5. The van der Waals surface area contributed by atoms with Crippen molar-refractivity contribution in [3.8, 4) is 0 Å². The van der Waals surface area contributed by atoms with Gasteiger partial charge >= 0.3 is 0 Å². The molecule has 2 heteroatoms. The third-order valence-corrected chi connectivity index (χ3v) is 3.30. The summed E-state index contributed by atoms with van der Waals surface area (Å²) < 4.78 is 5.35. The number of hydrogen-bond acceptors (Lipinski definition) is 2. The van der Waals surface area contributed by atoms with Crippen LogP contribution in [-0.4, -0.2) is 26.3 Å². The second-order valence-electron chi connectivity index (χ2n) is 6.28. The first kappa shape index (κ1) is 14.0. The summed E-state index contributed by atoms with van der Waals surface area (Å²) in [5.41, 5.74) is 0.501. The highest BCUT2D eigenvalue weighted by Crippen LogP contribution is 2.21. The summed E-state index contributed by atoms with van der Waals surface area (Å²) in [6.07, 6.45) is 6.50. The predicted octanol–water partition coefficient (Wildman–Crippen LogP) is 3.22. The molecule has 1 heterocycles. The first-order valence-electron chi connectivity index (χ1n) is 6.86. The summed E-state index contributed by atoms with van der Waals surface area (Å²) in [7, 11) is 0. The summed E-state index contributed by atoms with van der Waals surface area (Å²) in [6, 6.07) is 0. The van der Waals surface area contributed by atoms with Crippen molar-refractivity contribution in [1.82, 2.24) is 5.32 Å². The van der Waals surface area contributed by atoms with Gasteiger partial charge in [0.1, 0.15) is 0 Å². The van der Waals surface area contributed by atoms with Crippen LogP contribution in [0.2, 0.25) is 0 Å². The van der Waals surface area contributed by atoms with Crippen LogP contribution < -0.4 is 5.32 Å². The number of rotatable bonds is 6. The summed E-state index contributed by atoms with van der Waals surface area (Å²) in [5.74, 6) is 0.858. The lowest BCUT2D eigenvalue weighted by Gasteiger charge is -2.22. The van der Waals surface area contributed by atoms with Crippen LogP contribution >= 0.6 is 0 Å². The molecule has 0 spiro atoms. The van der Waals surface area contributed by atoms with E-state index in [1.165, 1.54) is 45.2 Å². The fraction of sp³-hybridized carbons (Fsp3) is 1.00. The molecule has 0 atom stereocenters. The van der Waals surface area contributed by atoms with Gasteiger partial charge < -0.3 is 10.1 Å². The molecule has 1 rings (SSSR count). The first-order valence-corrected chi connectivity index (χ1v) is 6.86. The molecule has 1 saturated heterocycles. The average Bonchev–Trinajstić information content (AvgIpc) is 2.23. The zero-order valence-corrected chi connectivity index (χ0v) is 11.3. The van der Waals surface area contributed by atoms with Crippen LogP contribution in [0.4, 0.5) is 0 Å². The minimum atomic E-state index is 0.501. The van der Waals surface area contributed by atoms with Crippen molar-refractivity contribution in [1.29, 1.82) is 0 Å². The Bertz CT molecular complexity index is 168. The molecule has 96 valence electrons. The summed E-state index contributed by atoms with van der Waals surface area (Å²) >= 11 is 0. The molecule has 2 nitrogen and oxygen atoms in total. The third-order valence-electron chi connectivity index (χ3n) is 3.30. The molecule has 0 unspecified atom stereocenters. The third kappa shape index (κ3) is 7.24. The number of hydrogen-bond donors (Lipinski definition) is 1. The summed E-state index contributed by atoms with van der Waals surface area (Å²) in [6.45, 7) is 11.3. The van der Waals surface area contributed by atoms with E-state index in [4.69, 9.17) is 4.74 Å². The quantitative estimate of drug-likeness (QED) is 0.704. The lowest BCUT2D eigenvalue weighted by molar-refractivity contribution is 0.0663. The van der Waals surface area contributed by atoms with E-state index in [9.17, 15) is 0 Å². The lowest BCUT2D eigenvalue weighted by Crippen LogP contribution is -2.28. The van der Waals surface area contributed by atoms with Crippen molar-refractivity contribution in [2.45, 2.75) is 52.9 Å². The second kappa shape index (κ2) is 7.29. The van der Waals surface area contributed by atoms with Crippen molar-refractivity contribution in [3.05, 3.63) is 0 Å². The Kier molecular flexibility index (Phi) is 6.37. The van der Waals surface area contributed by atoms with Crippen LogP contribution in [0.5, 0.6) is 0 Å². The van der Waals surface area contributed by atoms with Crippen molar-refractivity contribution in [3.63, 3.8) is 0 Å². The van der Waals surface area contributed by atoms with Crippen molar-refractivity contribution < 1.29 is 4.74 Å². The minimum absolute atomic E-state index is 0.501. The Hall–Kier alpha value is -0.0800. The Morgan fingerprint density at radius 1 is 1.12 bits per heavy atom. The predicted molar refractivity (Wildman–Crippen MR) is 69.7 cm³/mol. The van der Waals surface area contributed by atoms with Crippen molar-refractivity contribution in [2.75, 3.05) is 26.3 Å². The van der Waals surface area contributed by atoms with E-state index >= 15 is 0 Å². The van der Waals surface area contributed by atoms with Gasteiger partial charge in [0, 0.05) is 13.2 Å². The normalized spacial score (nSPS) is 18.9. The SMILES string of the molecule is CC(C)(C)CCCCNCC1CCOCC1. The first-order chi connectivity index (χ1) is 7.58. The van der Waals surface area contributed by atoms with Crippen LogP contribution in [0.3, 0.4) is 0 Å². The zero-order chi connectivity index (χ0) is 11.9. The summed E-state index contributed by atoms with van der Waals surface area (Å²) in [4.78, 5) is 0. The standard InChI is InChI=1S/C14H29NO/c1-14(2,3)8-4-5-9-15-12-13-6-10-16-11-7-13/h13,15H,4-12H2,1-3H3. The highest BCUT2D eigenvalue weighted by molar-refractivity contribution is 4.66. The zero-order valence-electron chi connectivity index (χ0n) is 11.3. The van der Waals surface area contributed by atoms with Crippen LogP contribution in [0.25, 0.3) is 0 Å². The van der Waals surface area contributed by atoms with Gasteiger partial charge in [0.05, 0.1) is 0 Å². The maximum Gasteiger partial charge on any atom is 0.0469 e. The molecule has 0 saturated carbocycles. The molecule has 0 aromatic carbocycles. The van der Waals surface area contributed by atoms with Gasteiger partial charge in [0.25, 0.3) is 0 Å². The van der Waals surface area contributed by atoms with E-state index in [0.717, 1.165) is 19.1 Å². The van der Waals surface area contributed by atoms with Gasteiger partial charge in [0.2, 0.25) is 0 Å². The number of ether oxygens (including phenoxy) is 1. The number of nitrogens with one attached hydrogen (secondary N) is 1. The van der Waals surface area contributed by atoms with Gasteiger partial charge in [-0.15, -0.1) is 0 Å². The minimum Gasteiger partial charge on any atom is -0.381 e. The average molecular weight is 227 g/mol. The highest BCUT2D eigenvalue weighted by Gasteiger charge is 2.13. The van der Waals surface area contributed by atoms with Gasteiger partial charge in [-0.1, -0.05) is 27.2 Å². The van der Waals surface area contributed by atoms with Crippen LogP contribution in [-0.2, 0) is 4.74 Å². The molecule has 0 radical (unpaired) electrons. The van der Waals surface area contributed by atoms with Crippen molar-refractivity contribution >= 4 is 0 Å². The monoisotopic (exact) mass is 227 g/mol. The Balaban J connectivity index is 1.87.